The van der Waals surface area contributed by atoms with Gasteiger partial charge in [-0.15, -0.1) is 0 Å². The van der Waals surface area contributed by atoms with E-state index in [2.05, 4.69) is 10.3 Å². The average Bonchev–Trinajstić information content (AvgIpc) is 3.59. The van der Waals surface area contributed by atoms with Crippen molar-refractivity contribution in [3.63, 3.8) is 0 Å². The second-order valence-electron chi connectivity index (χ2n) is 9.07. The smallest absolute Gasteiger partial charge is 0.272 e. The minimum atomic E-state index is -0.276. The van der Waals surface area contributed by atoms with Crippen molar-refractivity contribution in [3.05, 3.63) is 35.5 Å². The number of likely N-dealkylation sites (N-methyl/N-ethyl adjacent to an activating group) is 1. The van der Waals surface area contributed by atoms with E-state index in [4.69, 9.17) is 10.4 Å². The van der Waals surface area contributed by atoms with Gasteiger partial charge >= 0.3 is 0 Å². The number of fused-ring (bicyclic) bond motifs is 1. The van der Waals surface area contributed by atoms with Gasteiger partial charge in [-0.25, -0.2) is 0 Å². The maximum Gasteiger partial charge on any atom is 0.272 e. The maximum absolute atomic E-state index is 13.2. The summed E-state index contributed by atoms with van der Waals surface area (Å²) in [6, 6.07) is 9.21. The monoisotopic (exact) mass is 475 g/mol. The molecule has 0 bridgehead atoms. The first kappa shape index (κ1) is 24.1. The molecule has 10 heteroatoms. The van der Waals surface area contributed by atoms with Gasteiger partial charge in [0.05, 0.1) is 29.9 Å². The molecule has 2 heterocycles. The third kappa shape index (κ3) is 5.24. The summed E-state index contributed by atoms with van der Waals surface area (Å²) in [5, 5.41) is 16.5. The maximum atomic E-state index is 13.2. The predicted molar refractivity (Wildman–Crippen MR) is 131 cm³/mol. The minimum absolute atomic E-state index is 0.0181. The Morgan fingerprint density at radius 1 is 1.34 bits per heavy atom. The summed E-state index contributed by atoms with van der Waals surface area (Å²) in [4.78, 5) is 45.3. The Bertz CT molecular complexity index is 1220. The van der Waals surface area contributed by atoms with E-state index in [9.17, 15) is 14.4 Å². The molecule has 1 atom stereocenters. The van der Waals surface area contributed by atoms with Gasteiger partial charge in [-0.3, -0.25) is 24.1 Å². The number of hydrogen-bond donors (Lipinski definition) is 1. The molecule has 1 aliphatic heterocycles. The zero-order valence-corrected chi connectivity index (χ0v) is 20.2. The second-order valence-corrected chi connectivity index (χ2v) is 9.07. The average molecular weight is 476 g/mol. The van der Waals surface area contributed by atoms with Crippen molar-refractivity contribution in [1.82, 2.24) is 19.6 Å². The van der Waals surface area contributed by atoms with Crippen molar-refractivity contribution in [2.24, 2.45) is 10.9 Å². The SMILES string of the molecule is CN=Cc1ccc(-c2cc3n(n2)[C@@H](C)CN(CC(=O)N(C)CCC#N)C3=O)c(NC(=O)C2CC2)c1. The van der Waals surface area contributed by atoms with Crippen molar-refractivity contribution in [3.8, 4) is 17.3 Å². The molecule has 0 saturated heterocycles. The first-order valence-electron chi connectivity index (χ1n) is 11.7. The quantitative estimate of drug-likeness (QED) is 0.587. The van der Waals surface area contributed by atoms with E-state index in [0.717, 1.165) is 18.4 Å². The van der Waals surface area contributed by atoms with Gasteiger partial charge in [-0.05, 0) is 43.5 Å². The molecule has 2 aliphatic rings. The largest absolute Gasteiger partial charge is 0.343 e. The standard InChI is InChI=1S/C25H29N7O3/c1-16-14-31(15-23(33)30(3)10-4-9-26)25(35)22-12-21(29-32(16)22)19-8-5-17(13-27-2)11-20(19)28-24(34)18-6-7-18/h5,8,11-13,16,18H,4,6-7,10,14-15H2,1-3H3,(H,28,34)/t16-/m0/s1. The zero-order valence-electron chi connectivity index (χ0n) is 20.2. The molecule has 1 aromatic carbocycles. The minimum Gasteiger partial charge on any atom is -0.343 e. The molecule has 2 aromatic rings. The van der Waals surface area contributed by atoms with Crippen LogP contribution < -0.4 is 5.32 Å². The lowest BCUT2D eigenvalue weighted by atomic mass is 10.1. The van der Waals surface area contributed by atoms with Crippen LogP contribution >= 0.6 is 0 Å². The lowest BCUT2D eigenvalue weighted by Crippen LogP contribution is -2.47. The normalized spacial score (nSPS) is 17.3. The van der Waals surface area contributed by atoms with Crippen LogP contribution in [0.25, 0.3) is 11.3 Å². The lowest BCUT2D eigenvalue weighted by molar-refractivity contribution is -0.130. The Hall–Kier alpha value is -4.00. The summed E-state index contributed by atoms with van der Waals surface area (Å²) in [7, 11) is 3.31. The van der Waals surface area contributed by atoms with Crippen molar-refractivity contribution in [2.45, 2.75) is 32.2 Å². The molecule has 10 nitrogen and oxygen atoms in total. The van der Waals surface area contributed by atoms with E-state index in [-0.39, 0.29) is 42.6 Å². The molecule has 3 amide bonds. The highest BCUT2D eigenvalue weighted by molar-refractivity contribution is 6.00. The first-order valence-corrected chi connectivity index (χ1v) is 11.7. The summed E-state index contributed by atoms with van der Waals surface area (Å²) >= 11 is 0. The van der Waals surface area contributed by atoms with Crippen LogP contribution in [0.15, 0.2) is 29.3 Å². The Morgan fingerprint density at radius 2 is 2.11 bits per heavy atom. The van der Waals surface area contributed by atoms with Gasteiger partial charge in [0.2, 0.25) is 11.8 Å². The number of nitriles is 1. The summed E-state index contributed by atoms with van der Waals surface area (Å²) in [5.41, 5.74) is 3.16. The third-order valence-corrected chi connectivity index (χ3v) is 6.26. The molecule has 1 N–H and O–H groups in total. The van der Waals surface area contributed by atoms with E-state index in [1.165, 1.54) is 9.80 Å². The highest BCUT2D eigenvalue weighted by Crippen LogP contribution is 2.34. The van der Waals surface area contributed by atoms with Crippen LogP contribution in [-0.4, -0.2) is 77.2 Å². The molecule has 182 valence electrons. The van der Waals surface area contributed by atoms with E-state index in [0.29, 0.717) is 35.7 Å². The number of aliphatic imine (C=N–C) groups is 1. The van der Waals surface area contributed by atoms with Crippen LogP contribution in [0.1, 0.15) is 48.3 Å². The molecule has 1 aliphatic carbocycles. The molecular weight excluding hydrogens is 446 g/mol. The Labute approximate surface area is 204 Å². The van der Waals surface area contributed by atoms with Crippen LogP contribution in [0.3, 0.4) is 0 Å². The molecule has 0 unspecified atom stereocenters. The van der Waals surface area contributed by atoms with Crippen LogP contribution in [-0.2, 0) is 9.59 Å². The topological polar surface area (TPSA) is 124 Å². The zero-order chi connectivity index (χ0) is 25.1. The number of nitrogens with zero attached hydrogens (tertiary/aromatic N) is 6. The van der Waals surface area contributed by atoms with Gasteiger partial charge in [-0.2, -0.15) is 10.4 Å². The fraction of sp³-hybridized carbons (Fsp3) is 0.440. The number of anilines is 1. The van der Waals surface area contributed by atoms with E-state index in [1.807, 2.05) is 31.2 Å². The van der Waals surface area contributed by atoms with Crippen molar-refractivity contribution in [2.75, 3.05) is 39.0 Å². The molecule has 1 fully saturated rings. The molecule has 0 radical (unpaired) electrons. The van der Waals surface area contributed by atoms with Crippen LogP contribution in [0, 0.1) is 17.2 Å². The van der Waals surface area contributed by atoms with Gasteiger partial charge in [0, 0.05) is 44.9 Å². The molecule has 0 spiro atoms. The fourth-order valence-electron chi connectivity index (χ4n) is 4.12. The summed E-state index contributed by atoms with van der Waals surface area (Å²) in [6.07, 6.45) is 3.73. The third-order valence-electron chi connectivity index (χ3n) is 6.26. The number of carbonyl (C=O) groups is 3. The molecule has 4 rings (SSSR count). The predicted octanol–water partition coefficient (Wildman–Crippen LogP) is 2.34. The van der Waals surface area contributed by atoms with Crippen molar-refractivity contribution in [1.29, 1.82) is 5.26 Å². The highest BCUT2D eigenvalue weighted by atomic mass is 16.2. The van der Waals surface area contributed by atoms with E-state index in [1.54, 1.807) is 31.1 Å². The van der Waals surface area contributed by atoms with Gasteiger partial charge in [-0.1, -0.05) is 6.07 Å². The molecular formula is C25H29N7O3. The van der Waals surface area contributed by atoms with Crippen LogP contribution in [0.2, 0.25) is 0 Å². The Morgan fingerprint density at radius 3 is 2.80 bits per heavy atom. The van der Waals surface area contributed by atoms with Gasteiger partial charge in [0.25, 0.3) is 5.91 Å². The van der Waals surface area contributed by atoms with Gasteiger partial charge < -0.3 is 15.1 Å². The second kappa shape index (κ2) is 10.1. The van der Waals surface area contributed by atoms with E-state index < -0.39 is 0 Å². The lowest BCUT2D eigenvalue weighted by Gasteiger charge is -2.32. The summed E-state index contributed by atoms with van der Waals surface area (Å²) < 4.78 is 1.69. The first-order chi connectivity index (χ1) is 16.8. The van der Waals surface area contributed by atoms with Crippen LogP contribution in [0.4, 0.5) is 5.69 Å². The number of rotatable bonds is 8. The van der Waals surface area contributed by atoms with Crippen molar-refractivity contribution < 1.29 is 14.4 Å². The number of aromatic nitrogens is 2. The number of benzene rings is 1. The Balaban J connectivity index is 1.61. The van der Waals surface area contributed by atoms with Gasteiger partial charge in [0.1, 0.15) is 12.2 Å². The van der Waals surface area contributed by atoms with Crippen molar-refractivity contribution >= 4 is 29.6 Å². The number of amides is 3. The molecule has 35 heavy (non-hydrogen) atoms. The summed E-state index contributed by atoms with van der Waals surface area (Å²) in [6.45, 7) is 2.56. The fourth-order valence-corrected chi connectivity index (χ4v) is 4.12. The molecule has 1 saturated carbocycles. The number of hydrogen-bond acceptors (Lipinski definition) is 6. The van der Waals surface area contributed by atoms with Gasteiger partial charge in [0.15, 0.2) is 0 Å². The Kier molecular flexibility index (Phi) is 6.96. The highest BCUT2D eigenvalue weighted by Gasteiger charge is 2.33. The van der Waals surface area contributed by atoms with Crippen LogP contribution in [0.5, 0.6) is 0 Å². The van der Waals surface area contributed by atoms with E-state index >= 15 is 0 Å². The number of carbonyl (C=O) groups excluding carboxylic acids is 3. The molecule has 1 aromatic heterocycles. The summed E-state index contributed by atoms with van der Waals surface area (Å²) in [5.74, 6) is -0.467. The number of nitrogens with one attached hydrogen (secondary N) is 1.